The average molecular weight is 372 g/mol. The van der Waals surface area contributed by atoms with Crippen LogP contribution in [0, 0.1) is 11.2 Å². The molecule has 27 heavy (non-hydrogen) atoms. The molecule has 1 saturated carbocycles. The molecule has 0 radical (unpaired) electrons. The molecule has 2 heteroatoms. The van der Waals surface area contributed by atoms with Crippen molar-refractivity contribution in [2.75, 3.05) is 13.1 Å². The van der Waals surface area contributed by atoms with Crippen molar-refractivity contribution in [1.82, 2.24) is 4.90 Å². The lowest BCUT2D eigenvalue weighted by Crippen LogP contribution is -2.47. The summed E-state index contributed by atoms with van der Waals surface area (Å²) in [7, 11) is 0. The molecule has 0 N–H and O–H groups in total. The van der Waals surface area contributed by atoms with Gasteiger partial charge in [-0.3, -0.25) is 4.90 Å². The molecule has 1 heterocycles. The zero-order valence-electron chi connectivity index (χ0n) is 17.9. The number of halogens is 1. The molecule has 1 aromatic rings. The van der Waals surface area contributed by atoms with E-state index in [4.69, 9.17) is 0 Å². The Hall–Kier alpha value is -1.15. The number of piperidine rings is 1. The van der Waals surface area contributed by atoms with Crippen LogP contribution in [-0.4, -0.2) is 24.0 Å². The highest BCUT2D eigenvalue weighted by Crippen LogP contribution is 2.45. The van der Waals surface area contributed by atoms with Gasteiger partial charge in [0.1, 0.15) is 5.82 Å². The molecule has 0 aromatic heterocycles. The molecule has 0 amide bonds. The Kier molecular flexibility index (Phi) is 6.46. The molecule has 2 aliphatic rings. The minimum atomic E-state index is -0.149. The summed E-state index contributed by atoms with van der Waals surface area (Å²) in [6, 6.07) is 7.59. The van der Waals surface area contributed by atoms with Crippen LogP contribution in [-0.2, 0) is 5.41 Å². The van der Waals surface area contributed by atoms with Crippen LogP contribution in [0.3, 0.4) is 0 Å². The van der Waals surface area contributed by atoms with Crippen LogP contribution in [0.25, 0.3) is 0 Å². The summed E-state index contributed by atoms with van der Waals surface area (Å²) in [5, 5.41) is 0. The molecule has 0 bridgehead atoms. The third-order valence-electron chi connectivity index (χ3n) is 7.11. The standard InChI is InChI=1S/C25H38FN/c1-20(2)18-23(19-24(3,4)21-8-10-22(26)11-9-21)27-16-14-25(15-17-27)12-6-5-7-13-25/h8-11,18,23H,5-7,12-17,19H2,1-4H3. The van der Waals surface area contributed by atoms with Gasteiger partial charge in [-0.1, -0.05) is 56.9 Å². The van der Waals surface area contributed by atoms with Crippen LogP contribution in [0.4, 0.5) is 4.39 Å². The predicted molar refractivity (Wildman–Crippen MR) is 114 cm³/mol. The smallest absolute Gasteiger partial charge is 0.123 e. The van der Waals surface area contributed by atoms with E-state index in [1.165, 1.54) is 69.2 Å². The molecule has 1 saturated heterocycles. The van der Waals surface area contributed by atoms with Gasteiger partial charge in [-0.05, 0) is 87.6 Å². The van der Waals surface area contributed by atoms with Crippen LogP contribution >= 0.6 is 0 Å². The van der Waals surface area contributed by atoms with Crippen LogP contribution in [0.1, 0.15) is 84.6 Å². The number of likely N-dealkylation sites (tertiary alicyclic amines) is 1. The Balaban J connectivity index is 1.71. The highest BCUT2D eigenvalue weighted by Gasteiger charge is 2.38. The molecular weight excluding hydrogens is 333 g/mol. The maximum Gasteiger partial charge on any atom is 0.123 e. The number of nitrogens with zero attached hydrogens (tertiary/aromatic N) is 1. The molecule has 1 unspecified atom stereocenters. The summed E-state index contributed by atoms with van der Waals surface area (Å²) in [5.74, 6) is -0.149. The molecule has 1 aliphatic heterocycles. The van der Waals surface area contributed by atoms with Crippen molar-refractivity contribution in [1.29, 1.82) is 0 Å². The van der Waals surface area contributed by atoms with Crippen LogP contribution < -0.4 is 0 Å². The molecule has 3 rings (SSSR count). The topological polar surface area (TPSA) is 3.24 Å². The maximum atomic E-state index is 13.4. The van der Waals surface area contributed by atoms with Gasteiger partial charge in [0, 0.05) is 6.04 Å². The number of hydrogen-bond acceptors (Lipinski definition) is 1. The van der Waals surface area contributed by atoms with Crippen molar-refractivity contribution in [3.05, 3.63) is 47.3 Å². The van der Waals surface area contributed by atoms with Crippen molar-refractivity contribution < 1.29 is 4.39 Å². The first-order chi connectivity index (χ1) is 12.8. The Morgan fingerprint density at radius 1 is 1.04 bits per heavy atom. The molecule has 1 nitrogen and oxygen atoms in total. The minimum Gasteiger partial charge on any atom is -0.297 e. The van der Waals surface area contributed by atoms with Crippen LogP contribution in [0.2, 0.25) is 0 Å². The fourth-order valence-corrected chi connectivity index (χ4v) is 5.35. The van der Waals surface area contributed by atoms with Gasteiger partial charge in [-0.15, -0.1) is 0 Å². The molecule has 1 aliphatic carbocycles. The van der Waals surface area contributed by atoms with E-state index < -0.39 is 0 Å². The summed E-state index contributed by atoms with van der Waals surface area (Å²) in [5.41, 5.74) is 3.31. The fraction of sp³-hybridized carbons (Fsp3) is 0.680. The van der Waals surface area contributed by atoms with Crippen molar-refractivity contribution in [2.45, 2.75) is 90.5 Å². The Morgan fingerprint density at radius 3 is 2.19 bits per heavy atom. The molecule has 1 spiro atoms. The zero-order chi connectivity index (χ0) is 19.5. The lowest BCUT2D eigenvalue weighted by Gasteiger charge is -2.47. The maximum absolute atomic E-state index is 13.4. The van der Waals surface area contributed by atoms with E-state index in [1.807, 2.05) is 12.1 Å². The van der Waals surface area contributed by atoms with Crippen molar-refractivity contribution in [2.24, 2.45) is 5.41 Å². The third kappa shape index (κ3) is 5.22. The Bertz CT molecular complexity index is 623. The van der Waals surface area contributed by atoms with E-state index in [0.717, 1.165) is 6.42 Å². The summed E-state index contributed by atoms with van der Waals surface area (Å²) in [4.78, 5) is 2.72. The number of benzene rings is 1. The van der Waals surface area contributed by atoms with Gasteiger partial charge in [0.05, 0.1) is 0 Å². The van der Waals surface area contributed by atoms with E-state index >= 15 is 0 Å². The first kappa shape index (κ1) is 20.6. The van der Waals surface area contributed by atoms with Gasteiger partial charge in [-0.25, -0.2) is 4.39 Å². The fourth-order valence-electron chi connectivity index (χ4n) is 5.35. The molecule has 150 valence electrons. The molecule has 2 fully saturated rings. The quantitative estimate of drug-likeness (QED) is 0.510. The number of rotatable bonds is 5. The SMILES string of the molecule is CC(C)=CC(CC(C)(C)c1ccc(F)cc1)N1CCC2(CCCCC2)CC1. The van der Waals surface area contributed by atoms with Crippen molar-refractivity contribution >= 4 is 0 Å². The largest absolute Gasteiger partial charge is 0.297 e. The third-order valence-corrected chi connectivity index (χ3v) is 7.11. The molecule has 1 aromatic carbocycles. The van der Waals surface area contributed by atoms with E-state index in [1.54, 1.807) is 12.1 Å². The number of allylic oxidation sites excluding steroid dienone is 1. The second kappa shape index (κ2) is 8.47. The highest BCUT2D eigenvalue weighted by atomic mass is 19.1. The predicted octanol–water partition coefficient (Wildman–Crippen LogP) is 6.87. The van der Waals surface area contributed by atoms with Gasteiger partial charge < -0.3 is 0 Å². The summed E-state index contributed by atoms with van der Waals surface area (Å²) < 4.78 is 13.4. The zero-order valence-corrected chi connectivity index (χ0v) is 17.9. The first-order valence-electron chi connectivity index (χ1n) is 10.9. The van der Waals surface area contributed by atoms with Crippen LogP contribution in [0.5, 0.6) is 0 Å². The number of hydrogen-bond donors (Lipinski definition) is 0. The Morgan fingerprint density at radius 2 is 1.63 bits per heavy atom. The van der Waals surface area contributed by atoms with E-state index in [9.17, 15) is 4.39 Å². The van der Waals surface area contributed by atoms with E-state index in [-0.39, 0.29) is 11.2 Å². The lowest BCUT2D eigenvalue weighted by atomic mass is 9.67. The lowest BCUT2D eigenvalue weighted by molar-refractivity contribution is 0.0490. The summed E-state index contributed by atoms with van der Waals surface area (Å²) in [6.07, 6.45) is 13.5. The molecular formula is C25H38FN. The second-order valence-electron chi connectivity index (χ2n) is 10.0. The van der Waals surface area contributed by atoms with Gasteiger partial charge in [0.15, 0.2) is 0 Å². The van der Waals surface area contributed by atoms with Gasteiger partial charge in [0.25, 0.3) is 0 Å². The average Bonchev–Trinajstić information content (AvgIpc) is 2.62. The molecule has 1 atom stereocenters. The van der Waals surface area contributed by atoms with Gasteiger partial charge >= 0.3 is 0 Å². The van der Waals surface area contributed by atoms with Crippen molar-refractivity contribution in [3.8, 4) is 0 Å². The summed E-state index contributed by atoms with van der Waals surface area (Å²) >= 11 is 0. The highest BCUT2D eigenvalue weighted by molar-refractivity contribution is 5.25. The minimum absolute atomic E-state index is 0.0320. The Labute approximate surface area is 166 Å². The van der Waals surface area contributed by atoms with E-state index in [0.29, 0.717) is 11.5 Å². The van der Waals surface area contributed by atoms with Gasteiger partial charge in [0.2, 0.25) is 0 Å². The summed E-state index contributed by atoms with van der Waals surface area (Å²) in [6.45, 7) is 11.5. The second-order valence-corrected chi connectivity index (χ2v) is 10.0. The first-order valence-corrected chi connectivity index (χ1v) is 10.9. The normalized spacial score (nSPS) is 21.8. The van der Waals surface area contributed by atoms with Crippen molar-refractivity contribution in [3.63, 3.8) is 0 Å². The monoisotopic (exact) mass is 371 g/mol. The van der Waals surface area contributed by atoms with Gasteiger partial charge in [-0.2, -0.15) is 0 Å². The van der Waals surface area contributed by atoms with Crippen LogP contribution in [0.15, 0.2) is 35.9 Å². The van der Waals surface area contributed by atoms with E-state index in [2.05, 4.69) is 38.7 Å².